The van der Waals surface area contributed by atoms with Gasteiger partial charge < -0.3 is 19.8 Å². The van der Waals surface area contributed by atoms with Gasteiger partial charge in [0.1, 0.15) is 11.6 Å². The number of halogens is 1. The molecule has 0 atom stereocenters. The van der Waals surface area contributed by atoms with Crippen molar-refractivity contribution in [3.05, 3.63) is 35.1 Å². The second-order valence-electron chi connectivity index (χ2n) is 8.87. The lowest BCUT2D eigenvalue weighted by atomic mass is 10.2. The minimum Gasteiger partial charge on any atom is -0.494 e. The second kappa shape index (κ2) is 9.39. The highest BCUT2D eigenvalue weighted by Crippen LogP contribution is 2.34. The molecule has 2 fully saturated rings. The summed E-state index contributed by atoms with van der Waals surface area (Å²) in [6.45, 7) is 8.52. The number of rotatable bonds is 7. The molecule has 1 aliphatic heterocycles. The average Bonchev–Trinajstić information content (AvgIpc) is 3.35. The minimum absolute atomic E-state index is 0.153. The van der Waals surface area contributed by atoms with E-state index in [0.717, 1.165) is 74.6 Å². The van der Waals surface area contributed by atoms with E-state index in [1.165, 1.54) is 18.9 Å². The summed E-state index contributed by atoms with van der Waals surface area (Å²) in [6, 6.07) is 4.86. The fourth-order valence-corrected chi connectivity index (χ4v) is 4.74. The van der Waals surface area contributed by atoms with Crippen LogP contribution in [0.1, 0.15) is 43.2 Å². The topological polar surface area (TPSA) is 61.1 Å². The number of benzene rings is 1. The first-order valence-corrected chi connectivity index (χ1v) is 11.4. The Kier molecular flexibility index (Phi) is 6.60. The summed E-state index contributed by atoms with van der Waals surface area (Å²) in [5.74, 6) is 0.876. The Balaban J connectivity index is 1.31. The van der Waals surface area contributed by atoms with Crippen LogP contribution in [0, 0.1) is 19.7 Å². The molecule has 0 unspecified atom stereocenters. The van der Waals surface area contributed by atoms with Crippen LogP contribution in [0.25, 0.3) is 0 Å². The van der Waals surface area contributed by atoms with Gasteiger partial charge in [-0.15, -0.1) is 0 Å². The number of aromatic nitrogens is 1. The molecule has 0 bridgehead atoms. The lowest BCUT2D eigenvalue weighted by Crippen LogP contribution is -2.47. The van der Waals surface area contributed by atoms with E-state index in [1.807, 2.05) is 13.8 Å². The highest BCUT2D eigenvalue weighted by atomic mass is 19.1. The molecule has 31 heavy (non-hydrogen) atoms. The Bertz CT molecular complexity index is 874. The van der Waals surface area contributed by atoms with Gasteiger partial charge in [0.05, 0.1) is 11.8 Å². The highest BCUT2D eigenvalue weighted by Gasteiger charge is 2.23. The summed E-state index contributed by atoms with van der Waals surface area (Å²) in [7, 11) is 0. The van der Waals surface area contributed by atoms with E-state index in [1.54, 1.807) is 16.7 Å². The fourth-order valence-electron chi connectivity index (χ4n) is 4.74. The largest absolute Gasteiger partial charge is 0.494 e. The van der Waals surface area contributed by atoms with E-state index in [4.69, 9.17) is 4.74 Å². The maximum atomic E-state index is 14.0. The molecule has 1 aliphatic carbocycles. The third-order valence-electron chi connectivity index (χ3n) is 6.83. The Hall–Kier alpha value is -2.41. The van der Waals surface area contributed by atoms with Gasteiger partial charge in [0.2, 0.25) is 0 Å². The number of piperazine rings is 1. The molecule has 2 aliphatic rings. The van der Waals surface area contributed by atoms with Crippen LogP contribution >= 0.6 is 0 Å². The third kappa shape index (κ3) is 4.76. The number of hydrogen-bond donors (Lipinski definition) is 2. The van der Waals surface area contributed by atoms with Crippen molar-refractivity contribution in [2.75, 3.05) is 37.6 Å². The maximum absolute atomic E-state index is 14.0. The van der Waals surface area contributed by atoms with Crippen LogP contribution in [0.2, 0.25) is 0 Å². The van der Waals surface area contributed by atoms with Crippen molar-refractivity contribution in [3.63, 3.8) is 0 Å². The predicted octanol–water partition coefficient (Wildman–Crippen LogP) is 4.19. The summed E-state index contributed by atoms with van der Waals surface area (Å²) >= 11 is 0. The van der Waals surface area contributed by atoms with Crippen molar-refractivity contribution < 1.29 is 19.3 Å². The monoisotopic (exact) mass is 431 g/mol. The molecule has 6 nitrogen and oxygen atoms in total. The smallest absolute Gasteiger partial charge is 0.197 e. The van der Waals surface area contributed by atoms with E-state index < -0.39 is 0 Å². The summed E-state index contributed by atoms with van der Waals surface area (Å²) in [5, 5.41) is 20.4. The SMILES string of the molecule is Cc1c(C)c(O)n(CCCN2CCN(c3cc(F)ccc3OC3CCCC3)CC2)c1O. The zero-order chi connectivity index (χ0) is 22.0. The molecule has 7 heteroatoms. The summed E-state index contributed by atoms with van der Waals surface area (Å²) in [4.78, 5) is 4.60. The number of anilines is 1. The number of hydrogen-bond acceptors (Lipinski definition) is 5. The van der Waals surface area contributed by atoms with Crippen molar-refractivity contribution in [3.8, 4) is 17.5 Å². The van der Waals surface area contributed by atoms with E-state index in [0.29, 0.717) is 6.54 Å². The van der Waals surface area contributed by atoms with Crippen LogP contribution in [0.3, 0.4) is 0 Å². The van der Waals surface area contributed by atoms with Crippen molar-refractivity contribution in [2.45, 2.75) is 58.6 Å². The van der Waals surface area contributed by atoms with Gasteiger partial charge in [0.15, 0.2) is 11.8 Å². The summed E-state index contributed by atoms with van der Waals surface area (Å²) in [6.07, 6.45) is 5.66. The average molecular weight is 432 g/mol. The fraction of sp³-hybridized carbons (Fsp3) is 0.583. The van der Waals surface area contributed by atoms with Gasteiger partial charge >= 0.3 is 0 Å². The van der Waals surface area contributed by atoms with Gasteiger partial charge in [0, 0.05) is 49.9 Å². The number of aromatic hydroxyl groups is 2. The van der Waals surface area contributed by atoms with Gasteiger partial charge in [-0.1, -0.05) is 0 Å². The Morgan fingerprint density at radius 1 is 0.968 bits per heavy atom. The van der Waals surface area contributed by atoms with Gasteiger partial charge in [0.25, 0.3) is 0 Å². The van der Waals surface area contributed by atoms with Gasteiger partial charge in [-0.2, -0.15) is 0 Å². The first kappa shape index (κ1) is 21.8. The molecule has 0 amide bonds. The predicted molar refractivity (Wildman–Crippen MR) is 120 cm³/mol. The first-order valence-electron chi connectivity index (χ1n) is 11.4. The Labute approximate surface area is 183 Å². The van der Waals surface area contributed by atoms with E-state index in [2.05, 4.69) is 9.80 Å². The number of ether oxygens (including phenoxy) is 1. The van der Waals surface area contributed by atoms with E-state index in [9.17, 15) is 14.6 Å². The molecular formula is C24H34FN3O3. The molecule has 2 N–H and O–H groups in total. The van der Waals surface area contributed by atoms with Crippen LogP contribution in [-0.4, -0.2) is 58.5 Å². The lowest BCUT2D eigenvalue weighted by molar-refractivity contribution is 0.208. The third-order valence-corrected chi connectivity index (χ3v) is 6.83. The molecule has 170 valence electrons. The van der Waals surface area contributed by atoms with E-state index in [-0.39, 0.29) is 23.7 Å². The molecule has 2 aromatic rings. The van der Waals surface area contributed by atoms with Crippen molar-refractivity contribution >= 4 is 5.69 Å². The van der Waals surface area contributed by atoms with Gasteiger partial charge in [-0.3, -0.25) is 9.47 Å². The van der Waals surface area contributed by atoms with Crippen molar-refractivity contribution in [1.29, 1.82) is 0 Å². The van der Waals surface area contributed by atoms with Crippen molar-refractivity contribution in [2.24, 2.45) is 0 Å². The van der Waals surface area contributed by atoms with Crippen LogP contribution in [-0.2, 0) is 6.54 Å². The Morgan fingerprint density at radius 3 is 2.26 bits per heavy atom. The molecule has 1 aromatic heterocycles. The first-order chi connectivity index (χ1) is 14.9. The zero-order valence-electron chi connectivity index (χ0n) is 18.6. The van der Waals surface area contributed by atoms with Crippen LogP contribution in [0.4, 0.5) is 10.1 Å². The molecule has 0 spiro atoms. The number of nitrogens with zero attached hydrogens (tertiary/aromatic N) is 3. The normalized spacial score (nSPS) is 18.1. The standard InChI is InChI=1S/C24H34FN3O3/c1-17-18(2)24(30)28(23(17)29)11-5-10-26-12-14-27(15-13-26)21-16-19(25)8-9-22(21)31-20-6-3-4-7-20/h8-9,16,20,29-30H,3-7,10-15H2,1-2H3. The quantitative estimate of drug-likeness (QED) is 0.688. The van der Waals surface area contributed by atoms with Crippen LogP contribution in [0.5, 0.6) is 17.5 Å². The molecule has 1 saturated heterocycles. The van der Waals surface area contributed by atoms with Crippen molar-refractivity contribution in [1.82, 2.24) is 9.47 Å². The van der Waals surface area contributed by atoms with Gasteiger partial charge in [-0.25, -0.2) is 4.39 Å². The Morgan fingerprint density at radius 2 is 1.61 bits per heavy atom. The molecule has 2 heterocycles. The van der Waals surface area contributed by atoms with E-state index >= 15 is 0 Å². The lowest BCUT2D eigenvalue weighted by Gasteiger charge is -2.37. The molecular weight excluding hydrogens is 397 g/mol. The molecule has 1 saturated carbocycles. The van der Waals surface area contributed by atoms with Crippen LogP contribution < -0.4 is 9.64 Å². The zero-order valence-corrected chi connectivity index (χ0v) is 18.6. The minimum atomic E-state index is -0.229. The molecule has 4 rings (SSSR count). The highest BCUT2D eigenvalue weighted by molar-refractivity contribution is 5.59. The summed E-state index contributed by atoms with van der Waals surface area (Å²) < 4.78 is 21.8. The second-order valence-corrected chi connectivity index (χ2v) is 8.87. The van der Waals surface area contributed by atoms with Crippen LogP contribution in [0.15, 0.2) is 18.2 Å². The maximum Gasteiger partial charge on any atom is 0.197 e. The molecule has 0 radical (unpaired) electrons. The van der Waals surface area contributed by atoms with Gasteiger partial charge in [-0.05, 0) is 64.6 Å². The molecule has 1 aromatic carbocycles. The summed E-state index contributed by atoms with van der Waals surface area (Å²) in [5.41, 5.74) is 2.33.